The molecule has 0 bridgehead atoms. The number of anilines is 1. The normalized spacial score (nSPS) is 17.2. The Hall–Kier alpha value is -2.69. The molecule has 5 heteroatoms. The minimum absolute atomic E-state index is 0.107. The van der Waals surface area contributed by atoms with Crippen LogP contribution in [0.15, 0.2) is 53.6 Å². The van der Waals surface area contributed by atoms with Gasteiger partial charge in [-0.05, 0) is 43.2 Å². The third-order valence-corrected chi connectivity index (χ3v) is 4.21. The van der Waals surface area contributed by atoms with Gasteiger partial charge in [-0.3, -0.25) is 15.1 Å². The highest BCUT2D eigenvalue weighted by atomic mass is 16.6. The Morgan fingerprint density at radius 1 is 1.17 bits per heavy atom. The second-order valence-corrected chi connectivity index (χ2v) is 5.81. The van der Waals surface area contributed by atoms with Crippen molar-refractivity contribution in [3.05, 3.63) is 69.8 Å². The van der Waals surface area contributed by atoms with E-state index in [9.17, 15) is 10.1 Å². The van der Waals surface area contributed by atoms with Gasteiger partial charge in [0.2, 0.25) is 0 Å². The number of hydrazone groups is 1. The average Bonchev–Trinajstić information content (AvgIpc) is 3.00. The molecule has 1 atom stereocenters. The monoisotopic (exact) mass is 309 g/mol. The van der Waals surface area contributed by atoms with E-state index in [-0.39, 0.29) is 10.6 Å². The van der Waals surface area contributed by atoms with Crippen molar-refractivity contribution in [3.8, 4) is 0 Å². The first-order chi connectivity index (χ1) is 11.1. The highest BCUT2D eigenvalue weighted by Gasteiger charge is 2.27. The maximum atomic E-state index is 10.8. The summed E-state index contributed by atoms with van der Waals surface area (Å²) < 4.78 is 0. The van der Waals surface area contributed by atoms with Crippen molar-refractivity contribution in [2.75, 3.05) is 11.6 Å². The number of rotatable bonds is 4. The van der Waals surface area contributed by atoms with Gasteiger partial charge in [-0.1, -0.05) is 24.6 Å². The van der Waals surface area contributed by atoms with Gasteiger partial charge in [0.05, 0.1) is 22.9 Å². The number of hydrogen-bond acceptors (Lipinski definition) is 4. The van der Waals surface area contributed by atoms with Crippen molar-refractivity contribution in [2.45, 2.75) is 20.3 Å². The lowest BCUT2D eigenvalue weighted by Gasteiger charge is -2.15. The van der Waals surface area contributed by atoms with Gasteiger partial charge in [-0.2, -0.15) is 5.10 Å². The van der Waals surface area contributed by atoms with Crippen molar-refractivity contribution in [3.63, 3.8) is 0 Å². The van der Waals surface area contributed by atoms with Gasteiger partial charge in [0.25, 0.3) is 5.69 Å². The molecule has 0 saturated heterocycles. The molecule has 1 heterocycles. The molecule has 5 nitrogen and oxygen atoms in total. The highest BCUT2D eigenvalue weighted by Crippen LogP contribution is 2.28. The summed E-state index contributed by atoms with van der Waals surface area (Å²) in [4.78, 5) is 10.4. The third kappa shape index (κ3) is 3.08. The van der Waals surface area contributed by atoms with E-state index in [2.05, 4.69) is 38.1 Å². The molecule has 0 radical (unpaired) electrons. The molecule has 1 aliphatic heterocycles. The lowest BCUT2D eigenvalue weighted by molar-refractivity contribution is -0.384. The molecular formula is C18H19N3O2. The van der Waals surface area contributed by atoms with Crippen LogP contribution in [0.25, 0.3) is 0 Å². The van der Waals surface area contributed by atoms with Gasteiger partial charge in [0, 0.05) is 18.1 Å². The van der Waals surface area contributed by atoms with Crippen LogP contribution in [0.3, 0.4) is 0 Å². The van der Waals surface area contributed by atoms with Crippen LogP contribution in [0.2, 0.25) is 0 Å². The number of aryl methyl sites for hydroxylation is 1. The van der Waals surface area contributed by atoms with Crippen molar-refractivity contribution >= 4 is 17.1 Å². The zero-order chi connectivity index (χ0) is 16.4. The number of nitro groups is 1. The van der Waals surface area contributed by atoms with Gasteiger partial charge >= 0.3 is 0 Å². The fourth-order valence-corrected chi connectivity index (χ4v) is 2.80. The molecule has 0 N–H and O–H groups in total. The fraction of sp³-hybridized carbons (Fsp3) is 0.278. The largest absolute Gasteiger partial charge is 0.269 e. The molecule has 2 aromatic carbocycles. The Morgan fingerprint density at radius 2 is 1.83 bits per heavy atom. The average molecular weight is 309 g/mol. The molecule has 0 saturated carbocycles. The summed E-state index contributed by atoms with van der Waals surface area (Å²) in [6, 6.07) is 15.0. The Bertz CT molecular complexity index is 736. The minimum Gasteiger partial charge on any atom is -0.265 e. The number of nitro benzene ring substituents is 1. The summed E-state index contributed by atoms with van der Waals surface area (Å²) in [7, 11) is 0. The Labute approximate surface area is 135 Å². The van der Waals surface area contributed by atoms with E-state index in [1.165, 1.54) is 5.56 Å². The van der Waals surface area contributed by atoms with Crippen LogP contribution in [-0.4, -0.2) is 17.2 Å². The van der Waals surface area contributed by atoms with Gasteiger partial charge in [0.1, 0.15) is 0 Å². The number of non-ortho nitro benzene ring substituents is 1. The first kappa shape index (κ1) is 15.2. The molecule has 0 spiro atoms. The predicted molar refractivity (Wildman–Crippen MR) is 91.9 cm³/mol. The van der Waals surface area contributed by atoms with Crippen LogP contribution in [-0.2, 0) is 0 Å². The van der Waals surface area contributed by atoms with Crippen molar-refractivity contribution in [2.24, 2.45) is 11.0 Å². The summed E-state index contributed by atoms with van der Waals surface area (Å²) in [6.45, 7) is 5.05. The SMILES string of the molecule is CCC1CN(c2ccc(C)cc2)N=C1c1ccc([N+](=O)[O-])cc1. The van der Waals surface area contributed by atoms with E-state index in [0.29, 0.717) is 5.92 Å². The summed E-state index contributed by atoms with van der Waals surface area (Å²) in [5.74, 6) is 0.331. The smallest absolute Gasteiger partial charge is 0.265 e. The Morgan fingerprint density at radius 3 is 2.39 bits per heavy atom. The fourth-order valence-electron chi connectivity index (χ4n) is 2.80. The van der Waals surface area contributed by atoms with E-state index >= 15 is 0 Å². The van der Waals surface area contributed by atoms with Crippen molar-refractivity contribution in [1.29, 1.82) is 0 Å². The first-order valence-corrected chi connectivity index (χ1v) is 7.76. The van der Waals surface area contributed by atoms with Crippen molar-refractivity contribution < 1.29 is 4.92 Å². The molecule has 3 rings (SSSR count). The molecule has 2 aromatic rings. The number of benzene rings is 2. The van der Waals surface area contributed by atoms with Gasteiger partial charge in [0.15, 0.2) is 0 Å². The van der Waals surface area contributed by atoms with E-state index < -0.39 is 0 Å². The van der Waals surface area contributed by atoms with Crippen LogP contribution in [0, 0.1) is 23.0 Å². The summed E-state index contributed by atoms with van der Waals surface area (Å²) in [5.41, 5.74) is 4.36. The van der Waals surface area contributed by atoms with Crippen LogP contribution in [0.4, 0.5) is 11.4 Å². The van der Waals surface area contributed by atoms with Gasteiger partial charge in [-0.25, -0.2) is 0 Å². The molecule has 118 valence electrons. The van der Waals surface area contributed by atoms with E-state index in [0.717, 1.165) is 29.9 Å². The van der Waals surface area contributed by atoms with Gasteiger partial charge < -0.3 is 0 Å². The molecule has 0 fully saturated rings. The zero-order valence-corrected chi connectivity index (χ0v) is 13.3. The predicted octanol–water partition coefficient (Wildman–Crippen LogP) is 4.15. The zero-order valence-electron chi connectivity index (χ0n) is 13.3. The lowest BCUT2D eigenvalue weighted by Crippen LogP contribution is -2.19. The van der Waals surface area contributed by atoms with Crippen LogP contribution >= 0.6 is 0 Å². The molecule has 0 aliphatic carbocycles. The number of nitrogens with zero attached hydrogens (tertiary/aromatic N) is 3. The van der Waals surface area contributed by atoms with E-state index in [4.69, 9.17) is 5.10 Å². The van der Waals surface area contributed by atoms with Crippen LogP contribution < -0.4 is 5.01 Å². The van der Waals surface area contributed by atoms with E-state index in [1.54, 1.807) is 24.3 Å². The quantitative estimate of drug-likeness (QED) is 0.629. The highest BCUT2D eigenvalue weighted by molar-refractivity contribution is 6.04. The molecule has 0 aromatic heterocycles. The Kier molecular flexibility index (Phi) is 4.10. The summed E-state index contributed by atoms with van der Waals surface area (Å²) in [5, 5.41) is 17.6. The minimum atomic E-state index is -0.379. The molecule has 0 amide bonds. The van der Waals surface area contributed by atoms with E-state index in [1.807, 2.05) is 5.01 Å². The van der Waals surface area contributed by atoms with Crippen LogP contribution in [0.1, 0.15) is 24.5 Å². The maximum absolute atomic E-state index is 10.8. The number of hydrogen-bond donors (Lipinski definition) is 0. The summed E-state index contributed by atoms with van der Waals surface area (Å²) in [6.07, 6.45) is 0.984. The molecule has 1 aliphatic rings. The maximum Gasteiger partial charge on any atom is 0.269 e. The van der Waals surface area contributed by atoms with Gasteiger partial charge in [-0.15, -0.1) is 0 Å². The molecule has 23 heavy (non-hydrogen) atoms. The molecular weight excluding hydrogens is 290 g/mol. The third-order valence-electron chi connectivity index (χ3n) is 4.21. The topological polar surface area (TPSA) is 58.7 Å². The first-order valence-electron chi connectivity index (χ1n) is 7.76. The lowest BCUT2D eigenvalue weighted by atomic mass is 9.95. The second kappa shape index (κ2) is 6.20. The standard InChI is InChI=1S/C18H19N3O2/c1-3-14-12-20(16-8-4-13(2)5-9-16)19-18(14)15-6-10-17(11-7-15)21(22)23/h4-11,14H,3,12H2,1-2H3. The summed E-state index contributed by atoms with van der Waals surface area (Å²) >= 11 is 0. The van der Waals surface area contributed by atoms with Crippen LogP contribution in [0.5, 0.6) is 0 Å². The second-order valence-electron chi connectivity index (χ2n) is 5.81. The van der Waals surface area contributed by atoms with Crippen molar-refractivity contribution in [1.82, 2.24) is 0 Å². The Balaban J connectivity index is 1.90. The molecule has 1 unspecified atom stereocenters.